The zero-order valence-corrected chi connectivity index (χ0v) is 11.1. The predicted molar refractivity (Wildman–Crippen MR) is 72.4 cm³/mol. The van der Waals surface area contributed by atoms with Crippen LogP contribution in [0.2, 0.25) is 0 Å². The summed E-state index contributed by atoms with van der Waals surface area (Å²) in [5, 5.41) is 3.65. The number of fused-ring (bicyclic) bond motifs is 1. The van der Waals surface area contributed by atoms with Crippen molar-refractivity contribution in [3.8, 4) is 11.5 Å². The van der Waals surface area contributed by atoms with Crippen LogP contribution in [0.4, 0.5) is 5.69 Å². The van der Waals surface area contributed by atoms with Crippen LogP contribution in [-0.4, -0.2) is 19.8 Å². The number of hydrogen-bond donors (Lipinski definition) is 1. The van der Waals surface area contributed by atoms with Gasteiger partial charge in [0.05, 0.1) is 13.7 Å². The molecule has 0 radical (unpaired) electrons. The molecule has 2 aliphatic carbocycles. The molecule has 3 rings (SSSR count). The Hall–Kier alpha value is -1.38. The molecule has 18 heavy (non-hydrogen) atoms. The maximum Gasteiger partial charge on any atom is 0.163 e. The van der Waals surface area contributed by atoms with Gasteiger partial charge in [-0.15, -0.1) is 0 Å². The molecular weight excluding hydrogens is 226 g/mol. The molecule has 0 heterocycles. The smallest absolute Gasteiger partial charge is 0.163 e. The minimum Gasteiger partial charge on any atom is -0.493 e. The number of hydrogen-bond acceptors (Lipinski definition) is 3. The van der Waals surface area contributed by atoms with Gasteiger partial charge in [0.2, 0.25) is 0 Å². The molecule has 2 saturated carbocycles. The molecule has 1 unspecified atom stereocenters. The number of rotatable bonds is 5. The minimum absolute atomic E-state index is 0.661. The summed E-state index contributed by atoms with van der Waals surface area (Å²) in [5.74, 6) is 3.56. The van der Waals surface area contributed by atoms with Gasteiger partial charge in [0.1, 0.15) is 0 Å². The summed E-state index contributed by atoms with van der Waals surface area (Å²) < 4.78 is 10.9. The molecule has 2 aliphatic rings. The van der Waals surface area contributed by atoms with Gasteiger partial charge in [0, 0.05) is 17.8 Å². The van der Waals surface area contributed by atoms with Gasteiger partial charge >= 0.3 is 0 Å². The number of benzene rings is 1. The summed E-state index contributed by atoms with van der Waals surface area (Å²) in [4.78, 5) is 0. The third kappa shape index (κ3) is 2.14. The van der Waals surface area contributed by atoms with Crippen LogP contribution < -0.4 is 14.8 Å². The quantitative estimate of drug-likeness (QED) is 0.866. The summed E-state index contributed by atoms with van der Waals surface area (Å²) in [6, 6.07) is 6.78. The first-order valence-electron chi connectivity index (χ1n) is 6.89. The maximum absolute atomic E-state index is 5.61. The molecule has 3 heteroatoms. The molecule has 2 fully saturated rings. The van der Waals surface area contributed by atoms with Gasteiger partial charge in [-0.05, 0) is 50.2 Å². The Labute approximate surface area is 108 Å². The second-order valence-electron chi connectivity index (χ2n) is 5.29. The first-order valence-corrected chi connectivity index (χ1v) is 6.89. The van der Waals surface area contributed by atoms with E-state index in [0.717, 1.165) is 29.0 Å². The average molecular weight is 247 g/mol. The van der Waals surface area contributed by atoms with Gasteiger partial charge in [0.25, 0.3) is 0 Å². The first kappa shape index (κ1) is 11.7. The fraction of sp³-hybridized carbons (Fsp3) is 0.600. The van der Waals surface area contributed by atoms with E-state index in [-0.39, 0.29) is 0 Å². The zero-order valence-electron chi connectivity index (χ0n) is 11.1. The van der Waals surface area contributed by atoms with Gasteiger partial charge in [-0.1, -0.05) is 0 Å². The Morgan fingerprint density at radius 2 is 2.17 bits per heavy atom. The summed E-state index contributed by atoms with van der Waals surface area (Å²) in [7, 11) is 1.68. The Morgan fingerprint density at radius 1 is 1.28 bits per heavy atom. The summed E-state index contributed by atoms with van der Waals surface area (Å²) in [6.45, 7) is 2.65. The van der Waals surface area contributed by atoms with E-state index in [4.69, 9.17) is 9.47 Å². The molecule has 3 nitrogen and oxygen atoms in total. The molecule has 98 valence electrons. The third-order valence-electron chi connectivity index (χ3n) is 4.16. The highest BCUT2D eigenvalue weighted by Crippen LogP contribution is 2.52. The van der Waals surface area contributed by atoms with Crippen molar-refractivity contribution in [2.45, 2.75) is 32.2 Å². The topological polar surface area (TPSA) is 30.5 Å². The molecule has 0 amide bonds. The van der Waals surface area contributed by atoms with E-state index in [1.807, 2.05) is 13.0 Å². The second-order valence-corrected chi connectivity index (χ2v) is 5.29. The molecule has 0 aromatic heterocycles. The minimum atomic E-state index is 0.661. The van der Waals surface area contributed by atoms with Crippen molar-refractivity contribution in [1.29, 1.82) is 0 Å². The van der Waals surface area contributed by atoms with Crippen molar-refractivity contribution < 1.29 is 9.47 Å². The van der Waals surface area contributed by atoms with E-state index in [1.165, 1.54) is 19.3 Å². The van der Waals surface area contributed by atoms with Crippen LogP contribution in [0.25, 0.3) is 0 Å². The first-order chi connectivity index (χ1) is 8.81. The van der Waals surface area contributed by atoms with Crippen molar-refractivity contribution >= 4 is 5.69 Å². The molecule has 0 saturated heterocycles. The number of ether oxygens (including phenoxy) is 2. The van der Waals surface area contributed by atoms with E-state index in [1.54, 1.807) is 7.11 Å². The second kappa shape index (κ2) is 4.71. The molecule has 1 aromatic rings. The summed E-state index contributed by atoms with van der Waals surface area (Å²) >= 11 is 0. The zero-order chi connectivity index (χ0) is 12.5. The van der Waals surface area contributed by atoms with Crippen LogP contribution in [0.3, 0.4) is 0 Å². The molecule has 0 aliphatic heterocycles. The SMILES string of the molecule is CCOc1cc(NC2CC[C@H]3C[C@@H]23)ccc1OC. The number of nitrogens with one attached hydrogen (secondary N) is 1. The van der Waals surface area contributed by atoms with E-state index >= 15 is 0 Å². The molecule has 1 aromatic carbocycles. The Morgan fingerprint density at radius 3 is 2.78 bits per heavy atom. The average Bonchev–Trinajstić information content (AvgIpc) is 3.07. The lowest BCUT2D eigenvalue weighted by molar-refractivity contribution is 0.311. The molecule has 1 N–H and O–H groups in total. The predicted octanol–water partition coefficient (Wildman–Crippen LogP) is 3.30. The van der Waals surface area contributed by atoms with E-state index in [9.17, 15) is 0 Å². The molecule has 0 bridgehead atoms. The van der Waals surface area contributed by atoms with Crippen LogP contribution >= 0.6 is 0 Å². The highest BCUT2D eigenvalue weighted by Gasteiger charge is 2.47. The van der Waals surface area contributed by atoms with Crippen LogP contribution in [0, 0.1) is 11.8 Å². The van der Waals surface area contributed by atoms with Crippen molar-refractivity contribution in [2.75, 3.05) is 19.0 Å². The van der Waals surface area contributed by atoms with Crippen LogP contribution in [-0.2, 0) is 0 Å². The highest BCUT2D eigenvalue weighted by molar-refractivity contribution is 5.55. The van der Waals surface area contributed by atoms with E-state index in [2.05, 4.69) is 17.4 Å². The van der Waals surface area contributed by atoms with Crippen molar-refractivity contribution in [3.63, 3.8) is 0 Å². The normalized spacial score (nSPS) is 28.7. The van der Waals surface area contributed by atoms with Crippen LogP contribution in [0.1, 0.15) is 26.2 Å². The van der Waals surface area contributed by atoms with Crippen LogP contribution in [0.5, 0.6) is 11.5 Å². The van der Waals surface area contributed by atoms with E-state index in [0.29, 0.717) is 12.6 Å². The monoisotopic (exact) mass is 247 g/mol. The Bertz CT molecular complexity index is 433. The lowest BCUT2D eigenvalue weighted by atomic mass is 10.1. The number of methoxy groups -OCH3 is 1. The molecular formula is C15H21NO2. The highest BCUT2D eigenvalue weighted by atomic mass is 16.5. The Balaban J connectivity index is 1.73. The van der Waals surface area contributed by atoms with Gasteiger partial charge in [-0.2, -0.15) is 0 Å². The Kier molecular flexibility index (Phi) is 3.06. The fourth-order valence-corrected chi connectivity index (χ4v) is 3.13. The standard InChI is InChI=1S/C15H21NO2/c1-3-18-15-9-11(5-7-14(15)17-2)16-13-6-4-10-8-12(10)13/h5,7,9-10,12-13,16H,3-4,6,8H2,1-2H3/t10-,12+,13?/m0/s1. The summed E-state index contributed by atoms with van der Waals surface area (Å²) in [6.07, 6.45) is 4.13. The lowest BCUT2D eigenvalue weighted by Crippen LogP contribution is -2.18. The van der Waals surface area contributed by atoms with Gasteiger partial charge in [0.15, 0.2) is 11.5 Å². The summed E-state index contributed by atoms with van der Waals surface area (Å²) in [5.41, 5.74) is 1.15. The van der Waals surface area contributed by atoms with E-state index < -0.39 is 0 Å². The van der Waals surface area contributed by atoms with Gasteiger partial charge in [-0.3, -0.25) is 0 Å². The lowest BCUT2D eigenvalue weighted by Gasteiger charge is -2.17. The maximum atomic E-state index is 5.61. The van der Waals surface area contributed by atoms with Crippen molar-refractivity contribution in [2.24, 2.45) is 11.8 Å². The van der Waals surface area contributed by atoms with Gasteiger partial charge < -0.3 is 14.8 Å². The van der Waals surface area contributed by atoms with Crippen molar-refractivity contribution in [1.82, 2.24) is 0 Å². The third-order valence-corrected chi connectivity index (χ3v) is 4.16. The van der Waals surface area contributed by atoms with Crippen LogP contribution in [0.15, 0.2) is 18.2 Å². The number of anilines is 1. The molecule has 0 spiro atoms. The fourth-order valence-electron chi connectivity index (χ4n) is 3.13. The van der Waals surface area contributed by atoms with Gasteiger partial charge in [-0.25, -0.2) is 0 Å². The largest absolute Gasteiger partial charge is 0.493 e. The molecule has 3 atom stereocenters. The van der Waals surface area contributed by atoms with Crippen molar-refractivity contribution in [3.05, 3.63) is 18.2 Å².